The van der Waals surface area contributed by atoms with Gasteiger partial charge in [0.05, 0.1) is 11.2 Å². The standard InChI is InChI=1S/C15H20N4O4/c1-10(7-8-12-6-5-9-23-12)17(3)15(20)13-14(19(21)22)11(2)18(4)16-13/h5-6,9-10H,7-8H2,1-4H3. The average Bonchev–Trinajstić information content (AvgIpc) is 3.12. The van der Waals surface area contributed by atoms with Gasteiger partial charge in [-0.2, -0.15) is 5.10 Å². The first-order chi connectivity index (χ1) is 10.8. The molecule has 0 bridgehead atoms. The van der Waals surface area contributed by atoms with Crippen LogP contribution in [0.3, 0.4) is 0 Å². The second-order valence-electron chi connectivity index (χ2n) is 5.55. The highest BCUT2D eigenvalue weighted by Gasteiger charge is 2.32. The molecule has 124 valence electrons. The summed E-state index contributed by atoms with van der Waals surface area (Å²) in [5.74, 6) is 0.393. The van der Waals surface area contributed by atoms with Crippen molar-refractivity contribution < 1.29 is 14.1 Å². The van der Waals surface area contributed by atoms with Gasteiger partial charge >= 0.3 is 5.69 Å². The molecular formula is C15H20N4O4. The monoisotopic (exact) mass is 320 g/mol. The van der Waals surface area contributed by atoms with Gasteiger partial charge < -0.3 is 9.32 Å². The van der Waals surface area contributed by atoms with Crippen LogP contribution in [-0.4, -0.2) is 38.6 Å². The third kappa shape index (κ3) is 3.41. The quantitative estimate of drug-likeness (QED) is 0.601. The Morgan fingerprint density at radius 2 is 2.26 bits per heavy atom. The van der Waals surface area contributed by atoms with Crippen LogP contribution in [-0.2, 0) is 13.5 Å². The number of amides is 1. The molecule has 0 radical (unpaired) electrons. The lowest BCUT2D eigenvalue weighted by Crippen LogP contribution is -2.36. The molecule has 0 aliphatic heterocycles. The summed E-state index contributed by atoms with van der Waals surface area (Å²) in [6, 6.07) is 3.59. The van der Waals surface area contributed by atoms with Crippen molar-refractivity contribution in [3.63, 3.8) is 0 Å². The maximum atomic E-state index is 12.6. The lowest BCUT2D eigenvalue weighted by Gasteiger charge is -2.23. The predicted molar refractivity (Wildman–Crippen MR) is 83.2 cm³/mol. The van der Waals surface area contributed by atoms with E-state index in [1.165, 1.54) is 9.58 Å². The first-order valence-corrected chi connectivity index (χ1v) is 7.30. The Bertz CT molecular complexity index is 705. The van der Waals surface area contributed by atoms with Crippen LogP contribution >= 0.6 is 0 Å². The van der Waals surface area contributed by atoms with Gasteiger partial charge in [0.25, 0.3) is 5.91 Å². The summed E-state index contributed by atoms with van der Waals surface area (Å²) in [6.07, 6.45) is 2.99. The van der Waals surface area contributed by atoms with E-state index in [2.05, 4.69) is 5.10 Å². The second-order valence-corrected chi connectivity index (χ2v) is 5.55. The van der Waals surface area contributed by atoms with Crippen LogP contribution in [0, 0.1) is 17.0 Å². The van der Waals surface area contributed by atoms with Gasteiger partial charge in [-0.3, -0.25) is 19.6 Å². The van der Waals surface area contributed by atoms with Crippen molar-refractivity contribution >= 4 is 11.6 Å². The molecule has 1 amide bonds. The van der Waals surface area contributed by atoms with E-state index in [4.69, 9.17) is 4.42 Å². The lowest BCUT2D eigenvalue weighted by molar-refractivity contribution is -0.385. The molecule has 1 unspecified atom stereocenters. The van der Waals surface area contributed by atoms with Gasteiger partial charge in [-0.05, 0) is 32.4 Å². The van der Waals surface area contributed by atoms with Crippen molar-refractivity contribution in [2.24, 2.45) is 7.05 Å². The molecule has 2 rings (SSSR count). The van der Waals surface area contributed by atoms with Crippen LogP contribution < -0.4 is 0 Å². The Balaban J connectivity index is 2.13. The molecule has 8 nitrogen and oxygen atoms in total. The van der Waals surface area contributed by atoms with Gasteiger partial charge in [0.1, 0.15) is 11.5 Å². The summed E-state index contributed by atoms with van der Waals surface area (Å²) >= 11 is 0. The number of hydrogen-bond donors (Lipinski definition) is 0. The number of carbonyl (C=O) groups excluding carboxylic acids is 1. The Labute approximate surface area is 133 Å². The van der Waals surface area contributed by atoms with E-state index >= 15 is 0 Å². The number of aromatic nitrogens is 2. The number of furan rings is 1. The summed E-state index contributed by atoms with van der Waals surface area (Å²) in [5, 5.41) is 15.2. The number of nitro groups is 1. The average molecular weight is 320 g/mol. The first-order valence-electron chi connectivity index (χ1n) is 7.30. The summed E-state index contributed by atoms with van der Waals surface area (Å²) < 4.78 is 6.62. The fourth-order valence-corrected chi connectivity index (χ4v) is 2.33. The van der Waals surface area contributed by atoms with Crippen molar-refractivity contribution in [3.05, 3.63) is 45.7 Å². The molecule has 0 N–H and O–H groups in total. The van der Waals surface area contributed by atoms with Crippen LogP contribution in [0.15, 0.2) is 22.8 Å². The fraction of sp³-hybridized carbons (Fsp3) is 0.467. The molecule has 2 heterocycles. The second kappa shape index (κ2) is 6.64. The normalized spacial score (nSPS) is 12.2. The van der Waals surface area contributed by atoms with Crippen molar-refractivity contribution in [2.75, 3.05) is 7.05 Å². The van der Waals surface area contributed by atoms with Crippen LogP contribution in [0.25, 0.3) is 0 Å². The van der Waals surface area contributed by atoms with Gasteiger partial charge in [0.2, 0.25) is 5.69 Å². The highest BCUT2D eigenvalue weighted by molar-refractivity contribution is 5.96. The zero-order valence-electron chi connectivity index (χ0n) is 13.6. The summed E-state index contributed by atoms with van der Waals surface area (Å²) in [6.45, 7) is 3.46. The third-order valence-corrected chi connectivity index (χ3v) is 4.06. The molecule has 0 saturated heterocycles. The summed E-state index contributed by atoms with van der Waals surface area (Å²) in [7, 11) is 3.21. The largest absolute Gasteiger partial charge is 0.469 e. The van der Waals surface area contributed by atoms with Crippen molar-refractivity contribution in [2.45, 2.75) is 32.7 Å². The van der Waals surface area contributed by atoms with Crippen LogP contribution in [0.2, 0.25) is 0 Å². The molecular weight excluding hydrogens is 300 g/mol. The molecule has 0 fully saturated rings. The predicted octanol–water partition coefficient (Wildman–Crippen LogP) is 2.32. The van der Waals surface area contributed by atoms with Gasteiger partial charge in [-0.1, -0.05) is 0 Å². The van der Waals surface area contributed by atoms with Crippen LogP contribution in [0.4, 0.5) is 5.69 Å². The third-order valence-electron chi connectivity index (χ3n) is 4.06. The van der Waals surface area contributed by atoms with Crippen LogP contribution in [0.5, 0.6) is 0 Å². The van der Waals surface area contributed by atoms with Gasteiger partial charge in [0, 0.05) is 26.6 Å². The molecule has 1 atom stereocenters. The number of carbonyl (C=O) groups is 1. The van der Waals surface area contributed by atoms with E-state index in [-0.39, 0.29) is 17.4 Å². The maximum absolute atomic E-state index is 12.6. The Morgan fingerprint density at radius 1 is 1.57 bits per heavy atom. The number of hydrogen-bond acceptors (Lipinski definition) is 5. The minimum Gasteiger partial charge on any atom is -0.469 e. The number of rotatable bonds is 6. The van der Waals surface area contributed by atoms with Crippen LogP contribution in [0.1, 0.15) is 35.3 Å². The molecule has 8 heteroatoms. The minimum atomic E-state index is -0.559. The molecule has 0 aromatic carbocycles. The number of nitrogens with zero attached hydrogens (tertiary/aromatic N) is 4. The lowest BCUT2D eigenvalue weighted by atomic mass is 10.1. The smallest absolute Gasteiger partial charge is 0.322 e. The van der Waals surface area contributed by atoms with E-state index in [0.29, 0.717) is 18.5 Å². The van der Waals surface area contributed by atoms with E-state index < -0.39 is 10.8 Å². The van der Waals surface area contributed by atoms with Gasteiger partial charge in [-0.25, -0.2) is 0 Å². The summed E-state index contributed by atoms with van der Waals surface area (Å²) in [4.78, 5) is 24.7. The Kier molecular flexibility index (Phi) is 4.83. The highest BCUT2D eigenvalue weighted by atomic mass is 16.6. The molecule has 0 saturated carbocycles. The molecule has 2 aromatic rings. The molecule has 2 aromatic heterocycles. The van der Waals surface area contributed by atoms with Crippen molar-refractivity contribution in [3.8, 4) is 0 Å². The topological polar surface area (TPSA) is 94.4 Å². The Morgan fingerprint density at radius 3 is 2.83 bits per heavy atom. The Hall–Kier alpha value is -2.64. The minimum absolute atomic E-state index is 0.102. The molecule has 23 heavy (non-hydrogen) atoms. The fourth-order valence-electron chi connectivity index (χ4n) is 2.33. The molecule has 0 aliphatic carbocycles. The zero-order valence-corrected chi connectivity index (χ0v) is 13.6. The molecule has 0 spiro atoms. The van der Waals surface area contributed by atoms with Crippen molar-refractivity contribution in [1.82, 2.24) is 14.7 Å². The zero-order chi connectivity index (χ0) is 17.1. The first kappa shape index (κ1) is 16.7. The van der Waals surface area contributed by atoms with Crippen molar-refractivity contribution in [1.29, 1.82) is 0 Å². The SMILES string of the molecule is Cc1c([N+](=O)[O-])c(C(=O)N(C)C(C)CCc2ccco2)nn1C. The van der Waals surface area contributed by atoms with Gasteiger partial charge in [-0.15, -0.1) is 0 Å². The summed E-state index contributed by atoms with van der Waals surface area (Å²) in [5.41, 5.74) is -0.0000724. The highest BCUT2D eigenvalue weighted by Crippen LogP contribution is 2.24. The van der Waals surface area contributed by atoms with E-state index in [1.807, 2.05) is 19.1 Å². The number of aryl methyl sites for hydroxylation is 2. The van der Waals surface area contributed by atoms with E-state index in [9.17, 15) is 14.9 Å². The van der Waals surface area contributed by atoms with Gasteiger partial charge in [0.15, 0.2) is 0 Å². The molecule has 0 aliphatic rings. The van der Waals surface area contributed by atoms with E-state index in [1.54, 1.807) is 27.3 Å². The maximum Gasteiger partial charge on any atom is 0.322 e. The van der Waals surface area contributed by atoms with E-state index in [0.717, 1.165) is 5.76 Å².